The van der Waals surface area contributed by atoms with Gasteiger partial charge in [0.2, 0.25) is 0 Å². The molecular formula is C24H22F3N3S. The summed E-state index contributed by atoms with van der Waals surface area (Å²) >= 11 is 1.40. The van der Waals surface area contributed by atoms with Gasteiger partial charge in [0.05, 0.1) is 0 Å². The highest BCUT2D eigenvalue weighted by Gasteiger charge is 2.40. The van der Waals surface area contributed by atoms with Crippen molar-refractivity contribution in [2.75, 3.05) is 18.4 Å². The standard InChI is InChI=1S/C24H22F3N3S/c1-2-24-13-16(14-28)23(29-19-5-3-18(25)4-6-19)11-17(24)9-10-30(15-24)31-20-7-8-21(26)22(27)12-20/h2-8,11-12,14,28-29H,1,9-10,13,15H2. The fourth-order valence-corrected chi connectivity index (χ4v) is 5.10. The van der Waals surface area contributed by atoms with Crippen LogP contribution in [-0.2, 0) is 0 Å². The van der Waals surface area contributed by atoms with Crippen LogP contribution in [0.4, 0.5) is 18.9 Å². The van der Waals surface area contributed by atoms with Gasteiger partial charge in [-0.1, -0.05) is 11.6 Å². The largest absolute Gasteiger partial charge is 0.355 e. The first-order valence-electron chi connectivity index (χ1n) is 9.91. The van der Waals surface area contributed by atoms with Crippen molar-refractivity contribution in [3.05, 3.63) is 95.5 Å². The van der Waals surface area contributed by atoms with Gasteiger partial charge in [-0.2, -0.15) is 0 Å². The van der Waals surface area contributed by atoms with Crippen LogP contribution in [-0.4, -0.2) is 23.6 Å². The van der Waals surface area contributed by atoms with E-state index in [2.05, 4.69) is 22.3 Å². The van der Waals surface area contributed by atoms with Gasteiger partial charge in [0.1, 0.15) is 5.82 Å². The van der Waals surface area contributed by atoms with Gasteiger partial charge in [-0.25, -0.2) is 17.5 Å². The molecule has 1 unspecified atom stereocenters. The summed E-state index contributed by atoms with van der Waals surface area (Å²) in [6.45, 7) is 5.46. The van der Waals surface area contributed by atoms with Gasteiger partial charge < -0.3 is 10.7 Å². The highest BCUT2D eigenvalue weighted by Crippen LogP contribution is 2.47. The lowest BCUT2D eigenvalue weighted by molar-refractivity contribution is 0.277. The topological polar surface area (TPSA) is 39.1 Å². The van der Waals surface area contributed by atoms with Gasteiger partial charge in [0.15, 0.2) is 11.6 Å². The van der Waals surface area contributed by atoms with Gasteiger partial charge in [-0.15, -0.1) is 6.58 Å². The molecule has 0 spiro atoms. The number of hydrogen-bond donors (Lipinski definition) is 2. The van der Waals surface area contributed by atoms with Crippen molar-refractivity contribution in [2.45, 2.75) is 17.7 Å². The Balaban J connectivity index is 1.55. The van der Waals surface area contributed by atoms with Gasteiger partial charge in [-0.05, 0) is 78.9 Å². The normalized spacial score (nSPS) is 21.3. The first-order chi connectivity index (χ1) is 14.9. The molecule has 0 amide bonds. The summed E-state index contributed by atoms with van der Waals surface area (Å²) in [6.07, 6.45) is 6.71. The predicted octanol–water partition coefficient (Wildman–Crippen LogP) is 6.33. The maximum Gasteiger partial charge on any atom is 0.159 e. The Labute approximate surface area is 184 Å². The summed E-state index contributed by atoms with van der Waals surface area (Å²) in [5.41, 5.74) is 3.28. The summed E-state index contributed by atoms with van der Waals surface area (Å²) in [5, 5.41) is 11.2. The summed E-state index contributed by atoms with van der Waals surface area (Å²) < 4.78 is 42.2. The number of nitrogens with one attached hydrogen (secondary N) is 2. The third-order valence-electron chi connectivity index (χ3n) is 5.71. The van der Waals surface area contributed by atoms with Gasteiger partial charge in [0.25, 0.3) is 0 Å². The maximum absolute atomic E-state index is 13.6. The van der Waals surface area contributed by atoms with E-state index in [4.69, 9.17) is 5.41 Å². The first kappa shape index (κ1) is 21.5. The van der Waals surface area contributed by atoms with Gasteiger partial charge in [-0.3, -0.25) is 0 Å². The van der Waals surface area contributed by atoms with Crippen molar-refractivity contribution in [1.29, 1.82) is 5.41 Å². The van der Waals surface area contributed by atoms with Crippen LogP contribution in [0.5, 0.6) is 0 Å². The number of benzene rings is 2. The van der Waals surface area contributed by atoms with Crippen LogP contribution in [0, 0.1) is 28.3 Å². The fourth-order valence-electron chi connectivity index (χ4n) is 4.04. The maximum atomic E-state index is 13.6. The Kier molecular flexibility index (Phi) is 6.07. The van der Waals surface area contributed by atoms with Crippen LogP contribution in [0.15, 0.2) is 82.9 Å². The minimum atomic E-state index is -0.857. The molecule has 1 saturated heterocycles. The molecule has 1 heterocycles. The molecule has 4 rings (SSSR count). The van der Waals surface area contributed by atoms with E-state index in [-0.39, 0.29) is 11.2 Å². The molecule has 2 aliphatic rings. The SMILES string of the molecule is C=CC12CC(C=N)=C(Nc3ccc(F)cc3)C=C1CCN(Sc1ccc(F)c(F)c1)C2. The number of hydrogen-bond acceptors (Lipinski definition) is 4. The molecule has 1 atom stereocenters. The van der Waals surface area contributed by atoms with Crippen LogP contribution in [0.1, 0.15) is 12.8 Å². The smallest absolute Gasteiger partial charge is 0.159 e. The second kappa shape index (κ2) is 8.77. The zero-order valence-electron chi connectivity index (χ0n) is 16.8. The lowest BCUT2D eigenvalue weighted by Gasteiger charge is -2.45. The predicted molar refractivity (Wildman–Crippen MR) is 120 cm³/mol. The van der Waals surface area contributed by atoms with E-state index in [1.807, 2.05) is 6.08 Å². The molecule has 0 saturated carbocycles. The average Bonchev–Trinajstić information content (AvgIpc) is 2.77. The summed E-state index contributed by atoms with van der Waals surface area (Å²) in [7, 11) is 0. The van der Waals surface area contributed by atoms with E-state index in [1.165, 1.54) is 41.9 Å². The van der Waals surface area contributed by atoms with Crippen molar-refractivity contribution in [1.82, 2.24) is 4.31 Å². The molecule has 160 valence electrons. The molecule has 0 bridgehead atoms. The monoisotopic (exact) mass is 441 g/mol. The highest BCUT2D eigenvalue weighted by molar-refractivity contribution is 7.97. The summed E-state index contributed by atoms with van der Waals surface area (Å²) in [6, 6.07) is 10.0. The Bertz CT molecular complexity index is 1080. The fraction of sp³-hybridized carbons (Fsp3) is 0.208. The molecule has 3 nitrogen and oxygen atoms in total. The number of fused-ring (bicyclic) bond motifs is 1. The molecule has 0 radical (unpaired) electrons. The van der Waals surface area contributed by atoms with Crippen molar-refractivity contribution in [3.8, 4) is 0 Å². The molecule has 1 fully saturated rings. The van der Waals surface area contributed by atoms with Crippen LogP contribution >= 0.6 is 11.9 Å². The molecule has 31 heavy (non-hydrogen) atoms. The van der Waals surface area contributed by atoms with Crippen LogP contribution in [0.25, 0.3) is 0 Å². The van der Waals surface area contributed by atoms with E-state index < -0.39 is 11.6 Å². The number of rotatable bonds is 6. The number of anilines is 1. The zero-order valence-corrected chi connectivity index (χ0v) is 17.6. The quantitative estimate of drug-likeness (QED) is 0.312. The number of piperidine rings is 1. The zero-order chi connectivity index (χ0) is 22.0. The Morgan fingerprint density at radius 2 is 1.87 bits per heavy atom. The molecule has 2 aromatic rings. The first-order valence-corrected chi connectivity index (χ1v) is 10.7. The van der Waals surface area contributed by atoms with Crippen molar-refractivity contribution >= 4 is 23.8 Å². The third-order valence-corrected chi connectivity index (χ3v) is 6.75. The van der Waals surface area contributed by atoms with Gasteiger partial charge >= 0.3 is 0 Å². The Morgan fingerprint density at radius 1 is 1.10 bits per heavy atom. The molecule has 1 aliphatic heterocycles. The number of halogens is 3. The average molecular weight is 442 g/mol. The van der Waals surface area contributed by atoms with E-state index in [1.54, 1.807) is 18.2 Å². The molecular weight excluding hydrogens is 419 g/mol. The van der Waals surface area contributed by atoms with Crippen molar-refractivity contribution in [2.24, 2.45) is 5.41 Å². The minimum Gasteiger partial charge on any atom is -0.355 e. The lowest BCUT2D eigenvalue weighted by atomic mass is 9.69. The van der Waals surface area contributed by atoms with E-state index in [0.717, 1.165) is 36.0 Å². The van der Waals surface area contributed by atoms with E-state index >= 15 is 0 Å². The summed E-state index contributed by atoms with van der Waals surface area (Å²) in [5.74, 6) is -2.01. The highest BCUT2D eigenvalue weighted by atomic mass is 32.2. The van der Waals surface area contributed by atoms with Gasteiger partial charge in [0, 0.05) is 41.0 Å². The Morgan fingerprint density at radius 3 is 2.55 bits per heavy atom. The number of nitrogens with zero attached hydrogens (tertiary/aromatic N) is 1. The minimum absolute atomic E-state index is 0.301. The van der Waals surface area contributed by atoms with Crippen LogP contribution < -0.4 is 5.32 Å². The molecule has 0 aromatic heterocycles. The lowest BCUT2D eigenvalue weighted by Crippen LogP contribution is -2.42. The van der Waals surface area contributed by atoms with Crippen LogP contribution in [0.2, 0.25) is 0 Å². The Hall–Kier alpha value is -2.77. The van der Waals surface area contributed by atoms with E-state index in [0.29, 0.717) is 17.9 Å². The molecule has 2 N–H and O–H groups in total. The second-order valence-electron chi connectivity index (χ2n) is 7.70. The number of allylic oxidation sites excluding steroid dienone is 2. The molecule has 2 aromatic carbocycles. The van der Waals surface area contributed by atoms with Crippen LogP contribution in [0.3, 0.4) is 0 Å². The molecule has 7 heteroatoms. The molecule has 1 aliphatic carbocycles. The summed E-state index contributed by atoms with van der Waals surface area (Å²) in [4.78, 5) is 0.642. The third kappa shape index (κ3) is 4.48. The van der Waals surface area contributed by atoms with Crippen molar-refractivity contribution < 1.29 is 13.2 Å². The van der Waals surface area contributed by atoms with E-state index in [9.17, 15) is 13.2 Å². The van der Waals surface area contributed by atoms with Crippen molar-refractivity contribution in [3.63, 3.8) is 0 Å². The second-order valence-corrected chi connectivity index (χ2v) is 8.87.